The molecule has 0 aliphatic heterocycles. The first-order valence-electron chi connectivity index (χ1n) is 5.08. The molecule has 2 aromatic heterocycles. The van der Waals surface area contributed by atoms with Crippen LogP contribution >= 0.6 is 12.4 Å². The first kappa shape index (κ1) is 14.1. The van der Waals surface area contributed by atoms with Gasteiger partial charge in [0, 0.05) is 32.1 Å². The van der Waals surface area contributed by atoms with Crippen molar-refractivity contribution >= 4 is 18.4 Å². The van der Waals surface area contributed by atoms with Crippen LogP contribution in [0.4, 0.5) is 5.95 Å². The normalized spacial score (nSPS) is 9.50. The van der Waals surface area contributed by atoms with Gasteiger partial charge >= 0.3 is 6.01 Å². The number of methoxy groups -OCH3 is 1. The Labute approximate surface area is 111 Å². The van der Waals surface area contributed by atoms with Crippen molar-refractivity contribution in [2.75, 3.05) is 26.1 Å². The van der Waals surface area contributed by atoms with Crippen LogP contribution in [0.2, 0.25) is 0 Å². The van der Waals surface area contributed by atoms with Gasteiger partial charge in [-0.1, -0.05) is 0 Å². The van der Waals surface area contributed by atoms with Gasteiger partial charge in [0.05, 0.1) is 7.11 Å². The van der Waals surface area contributed by atoms with Gasteiger partial charge in [-0.3, -0.25) is 4.98 Å². The fourth-order valence-electron chi connectivity index (χ4n) is 1.27. The summed E-state index contributed by atoms with van der Waals surface area (Å²) in [6, 6.07) is 3.98. The Bertz CT molecular complexity index is 506. The average Bonchev–Trinajstić information content (AvgIpc) is 2.39. The van der Waals surface area contributed by atoms with Gasteiger partial charge in [0.1, 0.15) is 0 Å². The van der Waals surface area contributed by atoms with Gasteiger partial charge in [-0.15, -0.1) is 12.4 Å². The summed E-state index contributed by atoms with van der Waals surface area (Å²) >= 11 is 0. The minimum absolute atomic E-state index is 0. The number of hydrogen-bond donors (Lipinski definition) is 0. The van der Waals surface area contributed by atoms with Crippen LogP contribution in [0, 0.1) is 0 Å². The molecule has 0 atom stereocenters. The third kappa shape index (κ3) is 3.04. The lowest BCUT2D eigenvalue weighted by atomic mass is 10.2. The van der Waals surface area contributed by atoms with Gasteiger partial charge in [0.25, 0.3) is 0 Å². The monoisotopic (exact) mass is 267 g/mol. The number of rotatable bonds is 3. The summed E-state index contributed by atoms with van der Waals surface area (Å²) in [5.74, 6) is 1.13. The second-order valence-corrected chi connectivity index (χ2v) is 3.58. The number of aromatic nitrogens is 4. The van der Waals surface area contributed by atoms with E-state index in [4.69, 9.17) is 4.74 Å². The van der Waals surface area contributed by atoms with Crippen LogP contribution in [-0.4, -0.2) is 41.1 Å². The van der Waals surface area contributed by atoms with Crippen molar-refractivity contribution < 1.29 is 4.74 Å². The van der Waals surface area contributed by atoms with Crippen LogP contribution in [0.3, 0.4) is 0 Å². The maximum absolute atomic E-state index is 5.06. The summed E-state index contributed by atoms with van der Waals surface area (Å²) in [6.07, 6.45) is 3.39. The molecule has 0 radical (unpaired) electrons. The predicted octanol–water partition coefficient (Wildman–Crippen LogP) is 1.43. The van der Waals surface area contributed by atoms with Crippen LogP contribution in [0.1, 0.15) is 0 Å². The smallest absolute Gasteiger partial charge is 0.321 e. The molecule has 7 heteroatoms. The molecule has 2 aromatic rings. The molecule has 0 fully saturated rings. The van der Waals surface area contributed by atoms with Gasteiger partial charge in [-0.2, -0.15) is 15.0 Å². The number of ether oxygens (including phenoxy) is 1. The minimum Gasteiger partial charge on any atom is -0.467 e. The average molecular weight is 268 g/mol. The van der Waals surface area contributed by atoms with E-state index >= 15 is 0 Å². The van der Waals surface area contributed by atoms with Crippen molar-refractivity contribution in [2.45, 2.75) is 0 Å². The Balaban J connectivity index is 0.00000162. The van der Waals surface area contributed by atoms with Crippen molar-refractivity contribution in [3.8, 4) is 17.4 Å². The van der Waals surface area contributed by atoms with Crippen molar-refractivity contribution in [1.29, 1.82) is 0 Å². The van der Waals surface area contributed by atoms with Gasteiger partial charge in [-0.05, 0) is 12.1 Å². The zero-order valence-corrected chi connectivity index (χ0v) is 11.2. The maximum Gasteiger partial charge on any atom is 0.321 e. The molecule has 0 N–H and O–H groups in total. The number of anilines is 1. The minimum atomic E-state index is 0. The van der Waals surface area contributed by atoms with Gasteiger partial charge in [0.2, 0.25) is 5.95 Å². The van der Waals surface area contributed by atoms with Crippen LogP contribution in [0.15, 0.2) is 24.5 Å². The fraction of sp³-hybridized carbons (Fsp3) is 0.273. The quantitative estimate of drug-likeness (QED) is 0.838. The standard InChI is InChI=1S/C11H13N5O.ClH/c1-16(2)10-13-9(14-11(15-10)17-3)8-4-6-12-7-5-8;/h4-7H,1-3H3;1H. The highest BCUT2D eigenvalue weighted by atomic mass is 35.5. The third-order valence-corrected chi connectivity index (χ3v) is 2.12. The van der Waals surface area contributed by atoms with Crippen LogP contribution in [-0.2, 0) is 0 Å². The SMILES string of the molecule is COc1nc(-c2ccncc2)nc(N(C)C)n1.Cl. The molecule has 0 amide bonds. The van der Waals surface area contributed by atoms with Crippen molar-refractivity contribution in [3.05, 3.63) is 24.5 Å². The molecule has 6 nitrogen and oxygen atoms in total. The van der Waals surface area contributed by atoms with E-state index in [0.717, 1.165) is 5.56 Å². The Morgan fingerprint density at radius 3 is 2.28 bits per heavy atom. The lowest BCUT2D eigenvalue weighted by molar-refractivity contribution is 0.379. The zero-order chi connectivity index (χ0) is 12.3. The first-order valence-corrected chi connectivity index (χ1v) is 5.08. The van der Waals surface area contributed by atoms with Crippen LogP contribution in [0.5, 0.6) is 6.01 Å². The summed E-state index contributed by atoms with van der Waals surface area (Å²) in [5, 5.41) is 0. The molecule has 0 saturated heterocycles. The van der Waals surface area contributed by atoms with E-state index in [-0.39, 0.29) is 12.4 Å². The molecule has 0 unspecified atom stereocenters. The lowest BCUT2D eigenvalue weighted by Crippen LogP contribution is -2.14. The van der Waals surface area contributed by atoms with E-state index in [2.05, 4.69) is 19.9 Å². The zero-order valence-electron chi connectivity index (χ0n) is 10.4. The molecular weight excluding hydrogens is 254 g/mol. The molecule has 2 rings (SSSR count). The van der Waals surface area contributed by atoms with Crippen LogP contribution < -0.4 is 9.64 Å². The molecule has 0 aliphatic rings. The Kier molecular flexibility index (Phi) is 4.79. The number of nitrogens with zero attached hydrogens (tertiary/aromatic N) is 5. The molecule has 0 bridgehead atoms. The fourth-order valence-corrected chi connectivity index (χ4v) is 1.27. The first-order chi connectivity index (χ1) is 8.20. The summed E-state index contributed by atoms with van der Waals surface area (Å²) < 4.78 is 5.06. The van der Waals surface area contributed by atoms with Gasteiger partial charge in [-0.25, -0.2) is 0 Å². The highest BCUT2D eigenvalue weighted by Gasteiger charge is 2.09. The number of hydrogen-bond acceptors (Lipinski definition) is 6. The summed E-state index contributed by atoms with van der Waals surface area (Å²) in [6.45, 7) is 0. The third-order valence-electron chi connectivity index (χ3n) is 2.12. The Hall–Kier alpha value is -1.95. The maximum atomic E-state index is 5.06. The van der Waals surface area contributed by atoms with E-state index in [1.165, 1.54) is 7.11 Å². The molecule has 0 spiro atoms. The van der Waals surface area contributed by atoms with E-state index in [1.807, 2.05) is 26.2 Å². The van der Waals surface area contributed by atoms with E-state index in [9.17, 15) is 0 Å². The molecule has 0 aromatic carbocycles. The van der Waals surface area contributed by atoms with Gasteiger partial charge in [0.15, 0.2) is 5.82 Å². The van der Waals surface area contributed by atoms with Gasteiger partial charge < -0.3 is 9.64 Å². The lowest BCUT2D eigenvalue weighted by Gasteiger charge is -2.11. The molecular formula is C11H14ClN5O. The topological polar surface area (TPSA) is 64.0 Å². The second kappa shape index (κ2) is 6.11. The summed E-state index contributed by atoms with van der Waals surface area (Å²) in [7, 11) is 5.27. The molecule has 0 aliphatic carbocycles. The van der Waals surface area contributed by atoms with Crippen LogP contribution in [0.25, 0.3) is 11.4 Å². The van der Waals surface area contributed by atoms with E-state index in [0.29, 0.717) is 17.8 Å². The van der Waals surface area contributed by atoms with E-state index in [1.54, 1.807) is 17.3 Å². The molecule has 18 heavy (non-hydrogen) atoms. The highest BCUT2D eigenvalue weighted by molar-refractivity contribution is 5.85. The van der Waals surface area contributed by atoms with Crippen molar-refractivity contribution in [3.63, 3.8) is 0 Å². The molecule has 0 saturated carbocycles. The Morgan fingerprint density at radius 2 is 1.72 bits per heavy atom. The molecule has 2 heterocycles. The largest absolute Gasteiger partial charge is 0.467 e. The number of halogens is 1. The summed E-state index contributed by atoms with van der Waals surface area (Å²) in [4.78, 5) is 18.5. The van der Waals surface area contributed by atoms with E-state index < -0.39 is 0 Å². The second-order valence-electron chi connectivity index (χ2n) is 3.58. The predicted molar refractivity (Wildman–Crippen MR) is 71.2 cm³/mol. The number of pyridine rings is 1. The molecule has 96 valence electrons. The van der Waals surface area contributed by atoms with Crippen molar-refractivity contribution in [1.82, 2.24) is 19.9 Å². The Morgan fingerprint density at radius 1 is 1.06 bits per heavy atom. The highest BCUT2D eigenvalue weighted by Crippen LogP contribution is 2.18. The summed E-state index contributed by atoms with van der Waals surface area (Å²) in [5.41, 5.74) is 0.879. The van der Waals surface area contributed by atoms with Crippen molar-refractivity contribution in [2.24, 2.45) is 0 Å².